The predicted octanol–water partition coefficient (Wildman–Crippen LogP) is 5.42. The van der Waals surface area contributed by atoms with Crippen molar-refractivity contribution in [2.45, 2.75) is 12.7 Å². The highest BCUT2D eigenvalue weighted by atomic mass is 35.5. The van der Waals surface area contributed by atoms with E-state index in [9.17, 15) is 22.8 Å². The van der Waals surface area contributed by atoms with E-state index in [2.05, 4.69) is 25.8 Å². The van der Waals surface area contributed by atoms with Gasteiger partial charge in [0.2, 0.25) is 0 Å². The first-order valence-electron chi connectivity index (χ1n) is 13.0. The SMILES string of the molecule is O=C(Nc1cccc(-c2ccc3c(c2)CN=C3C(=O)NCCN2CCOCC2)c1)Nc1ccc(Cl)c(C(F)(F)F)c1. The Morgan fingerprint density at radius 3 is 2.44 bits per heavy atom. The number of aliphatic imine (C=N–C) groups is 1. The number of hydrogen-bond acceptors (Lipinski definition) is 5. The summed E-state index contributed by atoms with van der Waals surface area (Å²) in [6.45, 7) is 4.79. The van der Waals surface area contributed by atoms with Crippen molar-refractivity contribution >= 4 is 40.6 Å². The number of amides is 3. The molecule has 0 saturated carbocycles. The van der Waals surface area contributed by atoms with Gasteiger partial charge in [-0.25, -0.2) is 4.79 Å². The number of ether oxygens (including phenoxy) is 1. The lowest BCUT2D eigenvalue weighted by atomic mass is 9.98. The van der Waals surface area contributed by atoms with E-state index in [0.29, 0.717) is 37.7 Å². The average molecular weight is 586 g/mol. The second-order valence-corrected chi connectivity index (χ2v) is 10.0. The molecular formula is C29H27ClF3N5O3. The summed E-state index contributed by atoms with van der Waals surface area (Å²) >= 11 is 5.65. The smallest absolute Gasteiger partial charge is 0.379 e. The lowest BCUT2D eigenvalue weighted by Gasteiger charge is -2.26. The fourth-order valence-corrected chi connectivity index (χ4v) is 4.93. The van der Waals surface area contributed by atoms with Crippen LogP contribution in [0, 0.1) is 0 Å². The van der Waals surface area contributed by atoms with Gasteiger partial charge in [0.1, 0.15) is 5.71 Å². The molecular weight excluding hydrogens is 559 g/mol. The Bertz CT molecular complexity index is 1490. The van der Waals surface area contributed by atoms with Gasteiger partial charge in [-0.15, -0.1) is 0 Å². The number of rotatable bonds is 7. The van der Waals surface area contributed by atoms with Gasteiger partial charge in [-0.2, -0.15) is 13.2 Å². The molecule has 0 spiro atoms. The molecule has 3 aromatic rings. The number of nitrogens with one attached hydrogen (secondary N) is 3. The molecule has 2 aliphatic rings. The van der Waals surface area contributed by atoms with Gasteiger partial charge in [0.25, 0.3) is 5.91 Å². The fourth-order valence-electron chi connectivity index (χ4n) is 4.70. The summed E-state index contributed by atoms with van der Waals surface area (Å²) in [4.78, 5) is 32.0. The molecule has 0 bridgehead atoms. The largest absolute Gasteiger partial charge is 0.417 e. The maximum atomic E-state index is 13.1. The van der Waals surface area contributed by atoms with E-state index in [4.69, 9.17) is 16.3 Å². The Morgan fingerprint density at radius 1 is 0.951 bits per heavy atom. The van der Waals surface area contributed by atoms with Crippen LogP contribution in [0.1, 0.15) is 16.7 Å². The number of hydrogen-bond donors (Lipinski definition) is 3. The monoisotopic (exact) mass is 585 g/mol. The van der Waals surface area contributed by atoms with Gasteiger partial charge in [0.05, 0.1) is 30.3 Å². The summed E-state index contributed by atoms with van der Waals surface area (Å²) < 4.78 is 44.7. The van der Waals surface area contributed by atoms with Crippen molar-refractivity contribution in [2.24, 2.45) is 4.99 Å². The van der Waals surface area contributed by atoms with Crippen LogP contribution in [0.5, 0.6) is 0 Å². The third-order valence-corrected chi connectivity index (χ3v) is 7.11. The molecule has 41 heavy (non-hydrogen) atoms. The van der Waals surface area contributed by atoms with E-state index in [-0.39, 0.29) is 11.6 Å². The molecule has 3 aromatic carbocycles. The average Bonchev–Trinajstić information content (AvgIpc) is 3.38. The Hall–Kier alpha value is -3.93. The number of morpholine rings is 1. The first kappa shape index (κ1) is 28.6. The van der Waals surface area contributed by atoms with Crippen molar-refractivity contribution in [3.05, 3.63) is 82.4 Å². The third kappa shape index (κ3) is 7.05. The number of nitrogens with zero attached hydrogens (tertiary/aromatic N) is 2. The van der Waals surface area contributed by atoms with E-state index in [0.717, 1.165) is 54.0 Å². The summed E-state index contributed by atoms with van der Waals surface area (Å²) in [6, 6.07) is 15.2. The van der Waals surface area contributed by atoms with Crippen molar-refractivity contribution < 1.29 is 27.5 Å². The maximum absolute atomic E-state index is 13.1. The summed E-state index contributed by atoms with van der Waals surface area (Å²) in [7, 11) is 0. The van der Waals surface area contributed by atoms with Crippen LogP contribution in [0.3, 0.4) is 0 Å². The molecule has 12 heteroatoms. The van der Waals surface area contributed by atoms with E-state index < -0.39 is 22.8 Å². The number of anilines is 2. The molecule has 2 heterocycles. The quantitative estimate of drug-likeness (QED) is 0.345. The van der Waals surface area contributed by atoms with Crippen LogP contribution in [-0.4, -0.2) is 61.9 Å². The lowest BCUT2D eigenvalue weighted by molar-refractivity contribution is -0.137. The third-order valence-electron chi connectivity index (χ3n) is 6.78. The Kier molecular flexibility index (Phi) is 8.57. The van der Waals surface area contributed by atoms with Crippen LogP contribution in [0.4, 0.5) is 29.3 Å². The number of benzene rings is 3. The van der Waals surface area contributed by atoms with Crippen LogP contribution in [0.25, 0.3) is 11.1 Å². The van der Waals surface area contributed by atoms with Gasteiger partial charge in [-0.1, -0.05) is 35.9 Å². The van der Waals surface area contributed by atoms with Gasteiger partial charge in [-0.05, 0) is 53.1 Å². The summed E-state index contributed by atoms with van der Waals surface area (Å²) in [6.07, 6.45) is -4.64. The first-order valence-corrected chi connectivity index (χ1v) is 13.4. The van der Waals surface area contributed by atoms with Crippen LogP contribution < -0.4 is 16.0 Å². The lowest BCUT2D eigenvalue weighted by Crippen LogP contribution is -2.42. The zero-order chi connectivity index (χ0) is 29.0. The maximum Gasteiger partial charge on any atom is 0.417 e. The predicted molar refractivity (Wildman–Crippen MR) is 151 cm³/mol. The second-order valence-electron chi connectivity index (χ2n) is 9.60. The van der Waals surface area contributed by atoms with Crippen LogP contribution in [0.2, 0.25) is 5.02 Å². The minimum atomic E-state index is -4.64. The molecule has 214 valence electrons. The van der Waals surface area contributed by atoms with Crippen LogP contribution in [-0.2, 0) is 22.3 Å². The standard InChI is InChI=1S/C29H27ClF3N5O3/c30-25-7-5-22(16-24(25)29(31,32)33)37-28(40)36-21-3-1-2-18(15-21)19-4-6-23-20(14-19)17-35-26(23)27(39)34-8-9-38-10-12-41-13-11-38/h1-7,14-16H,8-13,17H2,(H,34,39)(H2,36,37,40). The van der Waals surface area contributed by atoms with Crippen LogP contribution >= 0.6 is 11.6 Å². The molecule has 2 aliphatic heterocycles. The number of carbonyl (C=O) groups is 2. The highest BCUT2D eigenvalue weighted by Gasteiger charge is 2.33. The van der Waals surface area contributed by atoms with Crippen molar-refractivity contribution in [1.29, 1.82) is 0 Å². The van der Waals surface area contributed by atoms with E-state index >= 15 is 0 Å². The molecule has 0 atom stereocenters. The van der Waals surface area contributed by atoms with E-state index in [1.165, 1.54) is 6.07 Å². The van der Waals surface area contributed by atoms with Gasteiger partial charge in [0.15, 0.2) is 0 Å². The number of urea groups is 1. The van der Waals surface area contributed by atoms with Gasteiger partial charge >= 0.3 is 12.2 Å². The van der Waals surface area contributed by atoms with Gasteiger partial charge in [0, 0.05) is 43.1 Å². The van der Waals surface area contributed by atoms with Crippen molar-refractivity contribution in [3.63, 3.8) is 0 Å². The van der Waals surface area contributed by atoms with Crippen molar-refractivity contribution in [3.8, 4) is 11.1 Å². The Morgan fingerprint density at radius 2 is 1.68 bits per heavy atom. The van der Waals surface area contributed by atoms with E-state index in [1.54, 1.807) is 18.2 Å². The van der Waals surface area contributed by atoms with Gasteiger partial charge < -0.3 is 20.7 Å². The van der Waals surface area contributed by atoms with Gasteiger partial charge in [-0.3, -0.25) is 14.7 Å². The zero-order valence-corrected chi connectivity index (χ0v) is 22.6. The number of carbonyl (C=O) groups excluding carboxylic acids is 2. The summed E-state index contributed by atoms with van der Waals surface area (Å²) in [5.41, 5.74) is 3.15. The zero-order valence-electron chi connectivity index (χ0n) is 21.9. The second kappa shape index (κ2) is 12.3. The summed E-state index contributed by atoms with van der Waals surface area (Å²) in [5, 5.41) is 7.55. The Balaban J connectivity index is 1.20. The fraction of sp³-hybridized carbons (Fsp3) is 0.276. The van der Waals surface area contributed by atoms with Crippen LogP contribution in [0.15, 0.2) is 65.7 Å². The highest BCUT2D eigenvalue weighted by molar-refractivity contribution is 6.46. The highest BCUT2D eigenvalue weighted by Crippen LogP contribution is 2.36. The normalized spacial score (nSPS) is 15.2. The topological polar surface area (TPSA) is 95.1 Å². The summed E-state index contributed by atoms with van der Waals surface area (Å²) in [5.74, 6) is -0.204. The molecule has 1 fully saturated rings. The number of alkyl halides is 3. The molecule has 0 radical (unpaired) electrons. The molecule has 0 aromatic heterocycles. The first-order chi connectivity index (χ1) is 19.7. The Labute approximate surface area is 239 Å². The molecule has 8 nitrogen and oxygen atoms in total. The molecule has 0 aliphatic carbocycles. The number of halogens is 4. The van der Waals surface area contributed by atoms with Crippen molar-refractivity contribution in [2.75, 3.05) is 50.0 Å². The minimum Gasteiger partial charge on any atom is -0.379 e. The molecule has 3 N–H and O–H groups in total. The van der Waals surface area contributed by atoms with Crippen molar-refractivity contribution in [1.82, 2.24) is 10.2 Å². The minimum absolute atomic E-state index is 0.0464. The van der Waals surface area contributed by atoms with E-state index in [1.807, 2.05) is 24.3 Å². The molecule has 1 saturated heterocycles. The molecule has 3 amide bonds. The molecule has 5 rings (SSSR count). The number of fused-ring (bicyclic) bond motifs is 1. The molecule has 0 unspecified atom stereocenters.